The van der Waals surface area contributed by atoms with Gasteiger partial charge in [-0.3, -0.25) is 0 Å². The number of halogens is 2. The van der Waals surface area contributed by atoms with E-state index in [4.69, 9.17) is 0 Å². The fraction of sp³-hybridized carbons (Fsp3) is 1.00. The molecule has 0 aromatic heterocycles. The highest BCUT2D eigenvalue weighted by atomic mass is 35.5. The Morgan fingerprint density at radius 1 is 0.408 bits per heavy atom. The number of hydrogen-bond donors (Lipinski definition) is 0. The molecule has 0 saturated heterocycles. The van der Waals surface area contributed by atoms with Crippen molar-refractivity contribution in [2.24, 2.45) is 0 Å². The lowest BCUT2D eigenvalue weighted by atomic mass is 10.0. The monoisotopic (exact) mass is 747 g/mol. The van der Waals surface area contributed by atoms with E-state index < -0.39 is 15.6 Å². The van der Waals surface area contributed by atoms with Gasteiger partial charge in [0, 0.05) is 0 Å². The summed E-state index contributed by atoms with van der Waals surface area (Å²) in [6.45, 7) is 35.1. The number of rotatable bonds is 29. The molecular weight excluding hydrogens is 655 g/mol. The van der Waals surface area contributed by atoms with Crippen molar-refractivity contribution in [1.82, 2.24) is 0 Å². The van der Waals surface area contributed by atoms with E-state index >= 15 is 0 Å². The third kappa shape index (κ3) is 39.1. The van der Waals surface area contributed by atoms with Crippen LogP contribution in [0, 0.1) is 0 Å². The van der Waals surface area contributed by atoms with E-state index in [1.807, 2.05) is 0 Å². The van der Waals surface area contributed by atoms with Crippen LogP contribution in [0.4, 0.5) is 4.39 Å². The molecule has 0 N–H and O–H groups in total. The summed E-state index contributed by atoms with van der Waals surface area (Å²) in [6.07, 6.45) is 26.2. The minimum atomic E-state index is -4.71. The zero-order valence-electron chi connectivity index (χ0n) is 35.4. The zero-order chi connectivity index (χ0) is 37.6. The molecule has 0 aliphatic heterocycles. The van der Waals surface area contributed by atoms with Gasteiger partial charge in [0.25, 0.3) is 0 Å². The van der Waals surface area contributed by atoms with E-state index in [0.717, 1.165) is 25.7 Å². The lowest BCUT2D eigenvalue weighted by molar-refractivity contribution is -0.921. The summed E-state index contributed by atoms with van der Waals surface area (Å²) in [5, 5.41) is 0. The molecule has 0 aliphatic rings. The molecule has 0 amide bonds. The quantitative estimate of drug-likeness (QED) is 0.0435. The lowest BCUT2D eigenvalue weighted by Gasteiger charge is -2.34. The molecule has 0 fully saturated rings. The summed E-state index contributed by atoms with van der Waals surface area (Å²) in [7, 11) is -4.71. The summed E-state index contributed by atoms with van der Waals surface area (Å²) in [5.41, 5.74) is -2.21. The predicted octanol–water partition coefficient (Wildman–Crippen LogP) is 9.83. The van der Waals surface area contributed by atoms with Crippen LogP contribution in [0.2, 0.25) is 0 Å². The van der Waals surface area contributed by atoms with Crippen LogP contribution in [0.25, 0.3) is 0 Å². The van der Waals surface area contributed by atoms with Crippen LogP contribution in [0.15, 0.2) is 0 Å². The number of alkyl halides is 1. The molecule has 0 aromatic carbocycles. The molecule has 1 atom stereocenters. The molecule has 5 nitrogen and oxygen atoms in total. The summed E-state index contributed by atoms with van der Waals surface area (Å²) in [4.78, 5) is 0. The standard InChI is InChI=1S/C17H36.C8H17FO3S.2C8H20N.ClH/c1-3-5-7-9-11-13-15-17-16-14-12-10-8-6-4-2;1-2-3-4-5-6-7-8(9)13(10,11)12;2*1-5-9(6-2,7-3)8-4;/h3-17H2,1-2H3;8H,2-7H2,1H3,(H,10,11,12);2*5-8H2,1-4H3;1H/q;;2*+1;/p-2. The predicted molar refractivity (Wildman–Crippen MR) is 213 cm³/mol. The first-order chi connectivity index (χ1) is 22.9. The van der Waals surface area contributed by atoms with Crippen LogP contribution in [0.3, 0.4) is 0 Å². The van der Waals surface area contributed by atoms with E-state index in [2.05, 4.69) is 76.2 Å². The highest BCUT2D eigenvalue weighted by Crippen LogP contribution is 2.14. The Kier molecular flexibility index (Phi) is 50.6. The number of hydrogen-bond acceptors (Lipinski definition) is 3. The molecule has 0 saturated carbocycles. The first kappa shape index (κ1) is 58.4. The number of nitrogens with zero attached hydrogens (tertiary/aromatic N) is 2. The molecular formula is C41H92ClFN2O3S. The van der Waals surface area contributed by atoms with Gasteiger partial charge in [-0.25, -0.2) is 12.8 Å². The summed E-state index contributed by atoms with van der Waals surface area (Å²) >= 11 is 0. The van der Waals surface area contributed by atoms with E-state index in [1.54, 1.807) is 0 Å². The minimum absolute atomic E-state index is 0. The van der Waals surface area contributed by atoms with E-state index in [1.165, 1.54) is 158 Å². The minimum Gasteiger partial charge on any atom is -1.00 e. The van der Waals surface area contributed by atoms with Crippen molar-refractivity contribution in [3.05, 3.63) is 0 Å². The fourth-order valence-electron chi connectivity index (χ4n) is 6.18. The molecule has 0 aromatic rings. The van der Waals surface area contributed by atoms with Gasteiger partial charge in [0.05, 0.1) is 52.4 Å². The van der Waals surface area contributed by atoms with Crippen molar-refractivity contribution in [3.8, 4) is 0 Å². The van der Waals surface area contributed by atoms with Gasteiger partial charge in [0.15, 0.2) is 5.50 Å². The number of quaternary nitrogens is 2. The molecule has 0 heterocycles. The third-order valence-electron chi connectivity index (χ3n) is 10.9. The van der Waals surface area contributed by atoms with Crippen molar-refractivity contribution >= 4 is 10.1 Å². The van der Waals surface area contributed by atoms with E-state index in [-0.39, 0.29) is 18.8 Å². The van der Waals surface area contributed by atoms with Crippen LogP contribution in [-0.4, -0.2) is 79.8 Å². The summed E-state index contributed by atoms with van der Waals surface area (Å²) in [5.74, 6) is 0. The largest absolute Gasteiger partial charge is 1.00 e. The average Bonchev–Trinajstić information content (AvgIpc) is 3.10. The Morgan fingerprint density at radius 2 is 0.592 bits per heavy atom. The second-order valence-corrected chi connectivity index (χ2v) is 15.4. The zero-order valence-corrected chi connectivity index (χ0v) is 36.9. The van der Waals surface area contributed by atoms with Gasteiger partial charge in [-0.1, -0.05) is 143 Å². The fourth-order valence-corrected chi connectivity index (χ4v) is 6.64. The van der Waals surface area contributed by atoms with Gasteiger partial charge in [-0.2, -0.15) is 0 Å². The first-order valence-electron chi connectivity index (χ1n) is 21.2. The van der Waals surface area contributed by atoms with Gasteiger partial charge in [-0.05, 0) is 68.2 Å². The van der Waals surface area contributed by atoms with Crippen molar-refractivity contribution in [3.63, 3.8) is 0 Å². The van der Waals surface area contributed by atoms with Gasteiger partial charge in [-0.15, -0.1) is 0 Å². The second-order valence-electron chi connectivity index (χ2n) is 13.9. The van der Waals surface area contributed by atoms with Gasteiger partial charge in [0.2, 0.25) is 0 Å². The normalized spacial score (nSPS) is 12.0. The maximum absolute atomic E-state index is 12.5. The van der Waals surface area contributed by atoms with Crippen LogP contribution in [-0.2, 0) is 10.1 Å². The van der Waals surface area contributed by atoms with Crippen molar-refractivity contribution in [2.45, 2.75) is 217 Å². The molecule has 0 bridgehead atoms. The third-order valence-corrected chi connectivity index (χ3v) is 11.8. The molecule has 0 spiro atoms. The topological polar surface area (TPSA) is 57.2 Å². The first-order valence-corrected chi connectivity index (χ1v) is 22.6. The van der Waals surface area contributed by atoms with Crippen LogP contribution >= 0.6 is 0 Å². The molecule has 8 heteroatoms. The molecule has 1 unspecified atom stereocenters. The summed E-state index contributed by atoms with van der Waals surface area (Å²) in [6, 6.07) is 0. The molecule has 49 heavy (non-hydrogen) atoms. The Hall–Kier alpha value is 0.0500. The smallest absolute Gasteiger partial charge is 0.189 e. The Bertz CT molecular complexity index is 636. The van der Waals surface area contributed by atoms with Crippen molar-refractivity contribution in [2.75, 3.05) is 52.4 Å². The van der Waals surface area contributed by atoms with Crippen LogP contribution in [0.5, 0.6) is 0 Å². The Morgan fingerprint density at radius 3 is 0.735 bits per heavy atom. The molecule has 0 radical (unpaired) electrons. The second kappa shape index (κ2) is 42.5. The highest BCUT2D eigenvalue weighted by molar-refractivity contribution is 7.86. The van der Waals surface area contributed by atoms with Gasteiger partial charge < -0.3 is 25.9 Å². The SMILES string of the molecule is CCCCCCCC(F)S(=O)(=O)[O-].CCCCCCCCCCCCCCCCC.CC[N+](CC)(CC)CC.CC[N+](CC)(CC)CC.[Cl-]. The van der Waals surface area contributed by atoms with Crippen LogP contribution < -0.4 is 12.4 Å². The maximum Gasteiger partial charge on any atom is 0.189 e. The number of unbranched alkanes of at least 4 members (excludes halogenated alkanes) is 18. The van der Waals surface area contributed by atoms with Crippen molar-refractivity contribution < 1.29 is 38.7 Å². The molecule has 0 rings (SSSR count). The molecule has 0 aliphatic carbocycles. The van der Waals surface area contributed by atoms with Gasteiger partial charge in [0.1, 0.15) is 10.1 Å². The lowest BCUT2D eigenvalue weighted by Crippen LogP contribution is -3.00. The average molecular weight is 748 g/mol. The Balaban J connectivity index is -0.000000181. The van der Waals surface area contributed by atoms with E-state index in [9.17, 15) is 17.4 Å². The summed E-state index contributed by atoms with van der Waals surface area (Å²) < 4.78 is 45.4. The van der Waals surface area contributed by atoms with Crippen molar-refractivity contribution in [1.29, 1.82) is 0 Å². The Labute approximate surface area is 316 Å². The van der Waals surface area contributed by atoms with E-state index in [0.29, 0.717) is 6.42 Å². The highest BCUT2D eigenvalue weighted by Gasteiger charge is 2.17. The molecule has 304 valence electrons. The van der Waals surface area contributed by atoms with Gasteiger partial charge >= 0.3 is 0 Å². The van der Waals surface area contributed by atoms with Crippen LogP contribution in [0.1, 0.15) is 211 Å². The maximum atomic E-state index is 12.5.